The first-order valence-electron chi connectivity index (χ1n) is 5.87. The van der Waals surface area contributed by atoms with Crippen LogP contribution >= 0.6 is 0 Å². The van der Waals surface area contributed by atoms with E-state index in [1.54, 1.807) is 0 Å². The topological polar surface area (TPSA) is 51.0 Å². The Morgan fingerprint density at radius 3 is 2.53 bits per heavy atom. The second-order valence-electron chi connectivity index (χ2n) is 3.84. The molecule has 0 aliphatic carbocycles. The number of hydrogen-bond donors (Lipinski definition) is 1. The van der Waals surface area contributed by atoms with Crippen molar-refractivity contribution in [1.82, 2.24) is 10.1 Å². The molecule has 1 aromatic heterocycles. The van der Waals surface area contributed by atoms with Crippen LogP contribution in [0.15, 0.2) is 4.52 Å². The first-order valence-corrected chi connectivity index (χ1v) is 5.87. The fraction of sp³-hybridized carbons (Fsp3) is 0.818. The Labute approximate surface area is 91.5 Å². The van der Waals surface area contributed by atoms with E-state index in [-0.39, 0.29) is 0 Å². The van der Waals surface area contributed by atoms with Gasteiger partial charge in [0.25, 0.3) is 0 Å². The number of anilines is 1. The van der Waals surface area contributed by atoms with Crippen LogP contribution in [0.2, 0.25) is 0 Å². The first kappa shape index (κ1) is 12.0. The van der Waals surface area contributed by atoms with Crippen molar-refractivity contribution in [2.75, 3.05) is 11.9 Å². The fourth-order valence-corrected chi connectivity index (χ4v) is 1.47. The van der Waals surface area contributed by atoms with Crippen molar-refractivity contribution in [3.05, 3.63) is 5.82 Å². The minimum Gasteiger partial charge on any atom is -0.338 e. The highest BCUT2D eigenvalue weighted by molar-refractivity contribution is 5.17. The van der Waals surface area contributed by atoms with Crippen LogP contribution in [0, 0.1) is 6.92 Å². The third-order valence-corrected chi connectivity index (χ3v) is 2.33. The molecule has 0 aliphatic rings. The molecular weight excluding hydrogens is 190 g/mol. The minimum absolute atomic E-state index is 0.543. The lowest BCUT2D eigenvalue weighted by Gasteiger charge is -2.00. The maximum absolute atomic E-state index is 4.94. The standard InChI is InChI=1S/C11H21N3O/c1-3-4-5-6-7-8-9-12-11-13-10(2)14-15-11/h3-9H2,1-2H3,(H,12,13,14). The monoisotopic (exact) mass is 211 g/mol. The van der Waals surface area contributed by atoms with Crippen molar-refractivity contribution in [2.24, 2.45) is 0 Å². The molecule has 0 bridgehead atoms. The zero-order valence-corrected chi connectivity index (χ0v) is 9.75. The van der Waals surface area contributed by atoms with Crippen molar-refractivity contribution in [3.8, 4) is 0 Å². The third kappa shape index (κ3) is 5.40. The van der Waals surface area contributed by atoms with Crippen molar-refractivity contribution < 1.29 is 4.52 Å². The lowest BCUT2D eigenvalue weighted by atomic mass is 10.1. The second-order valence-corrected chi connectivity index (χ2v) is 3.84. The van der Waals surface area contributed by atoms with Crippen LogP contribution in [0.3, 0.4) is 0 Å². The SMILES string of the molecule is CCCCCCCCNc1nc(C)no1. The average molecular weight is 211 g/mol. The quantitative estimate of drug-likeness (QED) is 0.671. The van der Waals surface area contributed by atoms with E-state index in [1.165, 1.54) is 38.5 Å². The summed E-state index contributed by atoms with van der Waals surface area (Å²) in [6, 6.07) is 0.543. The molecule has 1 N–H and O–H groups in total. The van der Waals surface area contributed by atoms with Crippen molar-refractivity contribution in [1.29, 1.82) is 0 Å². The summed E-state index contributed by atoms with van der Waals surface area (Å²) in [7, 11) is 0. The highest BCUT2D eigenvalue weighted by Crippen LogP contribution is 2.06. The molecule has 0 aromatic carbocycles. The molecule has 0 spiro atoms. The normalized spacial score (nSPS) is 10.5. The molecule has 0 saturated heterocycles. The van der Waals surface area contributed by atoms with Crippen LogP contribution < -0.4 is 5.32 Å². The van der Waals surface area contributed by atoms with E-state index >= 15 is 0 Å². The van der Waals surface area contributed by atoms with Gasteiger partial charge in [-0.25, -0.2) is 0 Å². The predicted octanol–water partition coefficient (Wildman–Crippen LogP) is 3.15. The van der Waals surface area contributed by atoms with Gasteiger partial charge < -0.3 is 9.84 Å². The van der Waals surface area contributed by atoms with E-state index in [0.717, 1.165) is 6.54 Å². The van der Waals surface area contributed by atoms with Crippen molar-refractivity contribution in [3.63, 3.8) is 0 Å². The van der Waals surface area contributed by atoms with Gasteiger partial charge in [-0.1, -0.05) is 44.2 Å². The van der Waals surface area contributed by atoms with E-state index < -0.39 is 0 Å². The number of unbranched alkanes of at least 4 members (excludes halogenated alkanes) is 5. The van der Waals surface area contributed by atoms with Crippen LogP contribution in [-0.2, 0) is 0 Å². The van der Waals surface area contributed by atoms with E-state index in [1.807, 2.05) is 6.92 Å². The molecule has 0 aliphatic heterocycles. The summed E-state index contributed by atoms with van der Waals surface area (Å²) in [5.74, 6) is 0.681. The van der Waals surface area contributed by atoms with Gasteiger partial charge in [-0.05, 0) is 13.3 Å². The molecule has 15 heavy (non-hydrogen) atoms. The fourth-order valence-electron chi connectivity index (χ4n) is 1.47. The van der Waals surface area contributed by atoms with E-state index in [0.29, 0.717) is 11.8 Å². The van der Waals surface area contributed by atoms with Gasteiger partial charge in [0, 0.05) is 6.54 Å². The van der Waals surface area contributed by atoms with Gasteiger partial charge in [0.05, 0.1) is 0 Å². The lowest BCUT2D eigenvalue weighted by Crippen LogP contribution is -2.01. The second kappa shape index (κ2) is 7.26. The number of rotatable bonds is 8. The maximum atomic E-state index is 4.94. The van der Waals surface area contributed by atoms with Crippen LogP contribution in [0.1, 0.15) is 51.3 Å². The smallest absolute Gasteiger partial charge is 0.321 e. The molecule has 0 atom stereocenters. The first-order chi connectivity index (χ1) is 7.33. The molecule has 0 radical (unpaired) electrons. The Bertz CT molecular complexity index is 260. The van der Waals surface area contributed by atoms with Crippen LogP contribution in [0.5, 0.6) is 0 Å². The Balaban J connectivity index is 1.93. The number of hydrogen-bond acceptors (Lipinski definition) is 4. The Morgan fingerprint density at radius 2 is 1.87 bits per heavy atom. The summed E-state index contributed by atoms with van der Waals surface area (Å²) in [5, 5.41) is 6.82. The molecule has 86 valence electrons. The molecule has 4 nitrogen and oxygen atoms in total. The maximum Gasteiger partial charge on any atom is 0.321 e. The summed E-state index contributed by atoms with van der Waals surface area (Å²) >= 11 is 0. The molecule has 0 unspecified atom stereocenters. The van der Waals surface area contributed by atoms with E-state index in [4.69, 9.17) is 4.52 Å². The predicted molar refractivity (Wildman–Crippen MR) is 60.9 cm³/mol. The summed E-state index contributed by atoms with van der Waals surface area (Å²) in [6.07, 6.45) is 7.80. The van der Waals surface area contributed by atoms with Gasteiger partial charge >= 0.3 is 6.01 Å². The van der Waals surface area contributed by atoms with Crippen molar-refractivity contribution >= 4 is 6.01 Å². The zero-order valence-electron chi connectivity index (χ0n) is 9.75. The molecular formula is C11H21N3O. The summed E-state index contributed by atoms with van der Waals surface area (Å²) in [4.78, 5) is 4.07. The van der Waals surface area contributed by atoms with Crippen molar-refractivity contribution in [2.45, 2.75) is 52.4 Å². The van der Waals surface area contributed by atoms with E-state index in [2.05, 4.69) is 22.4 Å². The van der Waals surface area contributed by atoms with Gasteiger partial charge in [-0.15, -0.1) is 0 Å². The molecule has 0 amide bonds. The lowest BCUT2D eigenvalue weighted by molar-refractivity contribution is 0.425. The number of aromatic nitrogens is 2. The highest BCUT2D eigenvalue weighted by atomic mass is 16.5. The van der Waals surface area contributed by atoms with Crippen LogP contribution in [0.25, 0.3) is 0 Å². The molecule has 0 saturated carbocycles. The third-order valence-electron chi connectivity index (χ3n) is 2.33. The van der Waals surface area contributed by atoms with E-state index in [9.17, 15) is 0 Å². The van der Waals surface area contributed by atoms with Gasteiger partial charge in [-0.3, -0.25) is 0 Å². The number of aryl methyl sites for hydroxylation is 1. The highest BCUT2D eigenvalue weighted by Gasteiger charge is 1.99. The van der Waals surface area contributed by atoms with Gasteiger partial charge in [-0.2, -0.15) is 4.98 Å². The van der Waals surface area contributed by atoms with Crippen LogP contribution in [-0.4, -0.2) is 16.7 Å². The molecule has 1 rings (SSSR count). The summed E-state index contributed by atoms with van der Waals surface area (Å²) in [6.45, 7) is 4.98. The molecule has 0 fully saturated rings. The largest absolute Gasteiger partial charge is 0.338 e. The van der Waals surface area contributed by atoms with Gasteiger partial charge in [0.1, 0.15) is 0 Å². The zero-order chi connectivity index (χ0) is 10.9. The number of nitrogens with one attached hydrogen (secondary N) is 1. The molecule has 1 heterocycles. The van der Waals surface area contributed by atoms with Gasteiger partial charge in [0.2, 0.25) is 0 Å². The molecule has 4 heteroatoms. The Hall–Kier alpha value is -1.06. The Kier molecular flexibility index (Phi) is 5.81. The Morgan fingerprint density at radius 1 is 1.13 bits per heavy atom. The van der Waals surface area contributed by atoms with Crippen LogP contribution in [0.4, 0.5) is 6.01 Å². The molecule has 1 aromatic rings. The number of nitrogens with zero attached hydrogens (tertiary/aromatic N) is 2. The van der Waals surface area contributed by atoms with Gasteiger partial charge in [0.15, 0.2) is 5.82 Å². The summed E-state index contributed by atoms with van der Waals surface area (Å²) in [5.41, 5.74) is 0. The average Bonchev–Trinajstić information content (AvgIpc) is 2.63. The minimum atomic E-state index is 0.543. The summed E-state index contributed by atoms with van der Waals surface area (Å²) < 4.78 is 4.94.